The third-order valence-corrected chi connectivity index (χ3v) is 13.1. The summed E-state index contributed by atoms with van der Waals surface area (Å²) in [7, 11) is 0. The molecule has 6 heteroatoms. The van der Waals surface area contributed by atoms with Gasteiger partial charge in [-0.1, -0.05) is 182 Å². The van der Waals surface area contributed by atoms with Crippen molar-refractivity contribution in [2.45, 2.75) is 5.41 Å². The third-order valence-electron chi connectivity index (χ3n) is 13.1. The monoisotopic (exact) mass is 830 g/mol. The Hall–Kier alpha value is -8.74. The van der Waals surface area contributed by atoms with Crippen molar-refractivity contribution in [3.8, 4) is 62.1 Å². The Labute approximate surface area is 376 Å². The molecule has 6 nitrogen and oxygen atoms in total. The van der Waals surface area contributed by atoms with Crippen LogP contribution in [0.4, 0.5) is 17.3 Å². The first kappa shape index (κ1) is 36.9. The maximum absolute atomic E-state index is 5.38. The minimum Gasteiger partial charge on any atom is -0.280 e. The van der Waals surface area contributed by atoms with Gasteiger partial charge in [0.15, 0.2) is 17.5 Å². The fourth-order valence-electron chi connectivity index (χ4n) is 10.3. The van der Waals surface area contributed by atoms with Gasteiger partial charge in [-0.25, -0.2) is 19.9 Å². The first-order valence-electron chi connectivity index (χ1n) is 22.0. The summed E-state index contributed by atoms with van der Waals surface area (Å²) in [6, 6.07) is 81.5. The smallest absolute Gasteiger partial charge is 0.220 e. The van der Waals surface area contributed by atoms with Crippen LogP contribution < -0.4 is 4.90 Å². The Morgan fingerprint density at radius 3 is 1.55 bits per heavy atom. The standard InChI is InChI=1S/C59H38N6/c1-4-19-39(20-5-1)55-61-56(40-35-37-43(38-36-40)64-51-32-15-11-25-44(51)45-26-12-16-33-52(45)65-53-34-17-14-31-50(53)60-58(64)65)63-57(62-55)47-28-18-30-49-54(47)46-27-10-13-29-48(46)59(49,41-21-6-2-7-22-41)42-23-8-3-9-24-42/h1-38H. The molecule has 2 aliphatic rings. The summed E-state index contributed by atoms with van der Waals surface area (Å²) in [4.78, 5) is 23.4. The Morgan fingerprint density at radius 2 is 0.846 bits per heavy atom. The minimum atomic E-state index is -0.549. The molecule has 2 aromatic heterocycles. The summed E-state index contributed by atoms with van der Waals surface area (Å²) in [6.45, 7) is 0. The van der Waals surface area contributed by atoms with Gasteiger partial charge in [-0.3, -0.25) is 9.47 Å². The predicted octanol–water partition coefficient (Wildman–Crippen LogP) is 14.0. The number of rotatable bonds is 6. The van der Waals surface area contributed by atoms with Crippen molar-refractivity contribution < 1.29 is 0 Å². The van der Waals surface area contributed by atoms with E-state index in [9.17, 15) is 0 Å². The normalized spacial score (nSPS) is 13.0. The Morgan fingerprint density at radius 1 is 0.338 bits per heavy atom. The summed E-state index contributed by atoms with van der Waals surface area (Å²) in [6.07, 6.45) is 0. The van der Waals surface area contributed by atoms with Gasteiger partial charge in [0.25, 0.3) is 0 Å². The van der Waals surface area contributed by atoms with E-state index in [0.717, 1.165) is 67.4 Å². The van der Waals surface area contributed by atoms with Crippen LogP contribution in [0.3, 0.4) is 0 Å². The molecule has 0 atom stereocenters. The minimum absolute atomic E-state index is 0.549. The summed E-state index contributed by atoms with van der Waals surface area (Å²) in [5.74, 6) is 2.65. The molecule has 0 saturated heterocycles. The molecular weight excluding hydrogens is 793 g/mol. The fourth-order valence-corrected chi connectivity index (χ4v) is 10.3. The van der Waals surface area contributed by atoms with Crippen molar-refractivity contribution >= 4 is 28.4 Å². The summed E-state index contributed by atoms with van der Waals surface area (Å²) >= 11 is 0. The van der Waals surface area contributed by atoms with E-state index in [1.54, 1.807) is 0 Å². The zero-order chi connectivity index (χ0) is 42.9. The number of imidazole rings is 1. The highest BCUT2D eigenvalue weighted by Gasteiger charge is 2.47. The number of fused-ring (bicyclic) bond motifs is 10. The number of para-hydroxylation sites is 4. The Kier molecular flexibility index (Phi) is 8.33. The summed E-state index contributed by atoms with van der Waals surface area (Å²) in [5.41, 5.74) is 16.8. The van der Waals surface area contributed by atoms with Gasteiger partial charge in [0.05, 0.1) is 27.8 Å². The van der Waals surface area contributed by atoms with Crippen molar-refractivity contribution in [1.82, 2.24) is 24.5 Å². The van der Waals surface area contributed by atoms with Crippen LogP contribution >= 0.6 is 0 Å². The second-order valence-electron chi connectivity index (χ2n) is 16.6. The van der Waals surface area contributed by atoms with Gasteiger partial charge in [0.2, 0.25) is 5.95 Å². The van der Waals surface area contributed by atoms with E-state index in [1.165, 1.54) is 27.8 Å². The second kappa shape index (κ2) is 14.7. The second-order valence-corrected chi connectivity index (χ2v) is 16.6. The van der Waals surface area contributed by atoms with Crippen LogP contribution in [0, 0.1) is 0 Å². The maximum Gasteiger partial charge on any atom is 0.220 e. The van der Waals surface area contributed by atoms with Crippen LogP contribution in [-0.2, 0) is 5.41 Å². The molecule has 3 heterocycles. The van der Waals surface area contributed by atoms with E-state index < -0.39 is 5.41 Å². The lowest BCUT2D eigenvalue weighted by Gasteiger charge is -2.33. The zero-order valence-corrected chi connectivity index (χ0v) is 35.1. The lowest BCUT2D eigenvalue weighted by molar-refractivity contribution is 0.768. The van der Waals surface area contributed by atoms with E-state index in [4.69, 9.17) is 19.9 Å². The van der Waals surface area contributed by atoms with Gasteiger partial charge >= 0.3 is 0 Å². The molecule has 304 valence electrons. The Balaban J connectivity index is 0.997. The molecule has 0 N–H and O–H groups in total. The average molecular weight is 831 g/mol. The fraction of sp³-hybridized carbons (Fsp3) is 0.0169. The highest BCUT2D eigenvalue weighted by molar-refractivity contribution is 5.97. The number of anilines is 3. The lowest BCUT2D eigenvalue weighted by atomic mass is 9.67. The van der Waals surface area contributed by atoms with Crippen molar-refractivity contribution in [2.75, 3.05) is 4.90 Å². The predicted molar refractivity (Wildman–Crippen MR) is 262 cm³/mol. The topological polar surface area (TPSA) is 59.7 Å². The van der Waals surface area contributed by atoms with E-state index in [0.29, 0.717) is 17.5 Å². The van der Waals surface area contributed by atoms with Gasteiger partial charge in [-0.05, 0) is 81.9 Å². The van der Waals surface area contributed by atoms with Crippen LogP contribution in [0.2, 0.25) is 0 Å². The summed E-state index contributed by atoms with van der Waals surface area (Å²) < 4.78 is 2.28. The van der Waals surface area contributed by atoms with Gasteiger partial charge in [0.1, 0.15) is 0 Å². The molecule has 0 bridgehead atoms. The van der Waals surface area contributed by atoms with Gasteiger partial charge < -0.3 is 0 Å². The van der Waals surface area contributed by atoms with E-state index >= 15 is 0 Å². The molecule has 9 aromatic carbocycles. The van der Waals surface area contributed by atoms with Gasteiger partial charge in [-0.15, -0.1) is 0 Å². The molecule has 65 heavy (non-hydrogen) atoms. The maximum atomic E-state index is 5.38. The highest BCUT2D eigenvalue weighted by atomic mass is 15.3. The number of nitrogens with zero attached hydrogens (tertiary/aromatic N) is 6. The molecular formula is C59H38N6. The molecule has 1 aliphatic carbocycles. The van der Waals surface area contributed by atoms with Crippen molar-refractivity contribution in [1.29, 1.82) is 0 Å². The number of hydrogen-bond donors (Lipinski definition) is 0. The average Bonchev–Trinajstić information content (AvgIpc) is 3.88. The van der Waals surface area contributed by atoms with Crippen LogP contribution in [0.1, 0.15) is 22.3 Å². The first-order chi connectivity index (χ1) is 32.3. The van der Waals surface area contributed by atoms with Crippen molar-refractivity contribution in [3.05, 3.63) is 253 Å². The lowest BCUT2D eigenvalue weighted by Crippen LogP contribution is -2.28. The highest BCUT2D eigenvalue weighted by Crippen LogP contribution is 2.58. The number of aromatic nitrogens is 5. The van der Waals surface area contributed by atoms with E-state index in [-0.39, 0.29) is 0 Å². The van der Waals surface area contributed by atoms with Gasteiger partial charge in [-0.2, -0.15) is 0 Å². The van der Waals surface area contributed by atoms with Crippen LogP contribution in [0.5, 0.6) is 0 Å². The van der Waals surface area contributed by atoms with Gasteiger partial charge in [0, 0.05) is 33.5 Å². The first-order valence-corrected chi connectivity index (χ1v) is 22.0. The van der Waals surface area contributed by atoms with E-state index in [2.05, 4.69) is 216 Å². The molecule has 0 spiro atoms. The quantitative estimate of drug-likeness (QED) is 0.167. The largest absolute Gasteiger partial charge is 0.280 e. The zero-order valence-electron chi connectivity index (χ0n) is 35.1. The van der Waals surface area contributed by atoms with Crippen LogP contribution in [-0.4, -0.2) is 24.5 Å². The molecule has 0 unspecified atom stereocenters. The molecule has 0 fully saturated rings. The Bertz CT molecular complexity index is 3560. The molecule has 11 aromatic rings. The summed E-state index contributed by atoms with van der Waals surface area (Å²) in [5, 5.41) is 0. The number of benzene rings is 9. The molecule has 13 rings (SSSR count). The van der Waals surface area contributed by atoms with Crippen molar-refractivity contribution in [2.24, 2.45) is 0 Å². The molecule has 0 saturated carbocycles. The number of hydrogen-bond acceptors (Lipinski definition) is 5. The van der Waals surface area contributed by atoms with Crippen LogP contribution in [0.15, 0.2) is 231 Å². The van der Waals surface area contributed by atoms with E-state index in [1.807, 2.05) is 24.3 Å². The van der Waals surface area contributed by atoms with Crippen LogP contribution in [0.25, 0.3) is 73.1 Å². The third kappa shape index (κ3) is 5.60. The SMILES string of the molecule is c1ccc(-c2nc(-c3ccc(N4c5ccccc5-c5ccccc5-n5c4nc4ccccc45)cc3)nc(-c3cccc4c3-c3ccccc3C4(c3ccccc3)c3ccccc3)n2)cc1. The molecule has 0 radical (unpaired) electrons. The molecule has 0 amide bonds. The van der Waals surface area contributed by atoms with Crippen molar-refractivity contribution in [3.63, 3.8) is 0 Å². The molecule has 1 aliphatic heterocycles.